The molecule has 10 nitrogen and oxygen atoms in total. The van der Waals surface area contributed by atoms with Gasteiger partial charge >= 0.3 is 0 Å². The van der Waals surface area contributed by atoms with Gasteiger partial charge in [0.05, 0.1) is 16.3 Å². The molecule has 3 aromatic carbocycles. The van der Waals surface area contributed by atoms with Gasteiger partial charge in [0.15, 0.2) is 0 Å². The van der Waals surface area contributed by atoms with Crippen LogP contribution in [0.15, 0.2) is 72.8 Å². The van der Waals surface area contributed by atoms with E-state index in [1.807, 2.05) is 12.1 Å². The number of benzene rings is 3. The Labute approximate surface area is 211 Å². The molecule has 0 saturated heterocycles. The van der Waals surface area contributed by atoms with Crippen molar-refractivity contribution in [1.82, 2.24) is 15.1 Å². The minimum atomic E-state index is -0.548. The van der Waals surface area contributed by atoms with E-state index in [4.69, 9.17) is 5.73 Å². The standard InChI is InChI=1S/C26H22FN7O3/c27-18-9-11-20(12-10-18)33-25(29)21(16-28)22(32-33)7-4-14-30-26(35)17-8-13-23(24(15-17)34(36)37)31-19-5-2-1-3-6-19/h1-3,5-6,8-13,15,31H,4,7,14,29H2,(H,30,35). The number of carbonyl (C=O) groups is 1. The van der Waals surface area contributed by atoms with E-state index < -0.39 is 16.6 Å². The first-order valence-electron chi connectivity index (χ1n) is 11.3. The maximum atomic E-state index is 13.2. The maximum absolute atomic E-state index is 13.2. The molecular weight excluding hydrogens is 477 g/mol. The van der Waals surface area contributed by atoms with E-state index in [0.717, 1.165) is 0 Å². The highest BCUT2D eigenvalue weighted by Gasteiger charge is 2.19. The quantitative estimate of drug-likeness (QED) is 0.174. The second kappa shape index (κ2) is 11.0. The molecule has 1 amide bonds. The molecule has 4 N–H and O–H groups in total. The number of nitrogens with zero attached hydrogens (tertiary/aromatic N) is 4. The van der Waals surface area contributed by atoms with Crippen molar-refractivity contribution in [3.63, 3.8) is 0 Å². The zero-order valence-corrected chi connectivity index (χ0v) is 19.5. The summed E-state index contributed by atoms with van der Waals surface area (Å²) in [6, 6.07) is 20.8. The van der Waals surface area contributed by atoms with Gasteiger partial charge in [0.1, 0.15) is 29.0 Å². The Hall–Kier alpha value is -5.24. The number of hydrogen-bond acceptors (Lipinski definition) is 7. The van der Waals surface area contributed by atoms with E-state index >= 15 is 0 Å². The van der Waals surface area contributed by atoms with Crippen LogP contribution >= 0.6 is 0 Å². The average molecular weight is 500 g/mol. The van der Waals surface area contributed by atoms with Gasteiger partial charge in [-0.2, -0.15) is 10.4 Å². The Bertz CT molecular complexity index is 1480. The summed E-state index contributed by atoms with van der Waals surface area (Å²) in [6.45, 7) is 0.241. The number of para-hydroxylation sites is 1. The van der Waals surface area contributed by atoms with E-state index in [1.165, 1.54) is 47.1 Å². The average Bonchev–Trinajstić information content (AvgIpc) is 3.22. The van der Waals surface area contributed by atoms with Gasteiger partial charge in [0, 0.05) is 23.9 Å². The smallest absolute Gasteiger partial charge is 0.293 e. The van der Waals surface area contributed by atoms with Gasteiger partial charge in [-0.3, -0.25) is 14.9 Å². The maximum Gasteiger partial charge on any atom is 0.293 e. The van der Waals surface area contributed by atoms with Crippen LogP contribution in [0, 0.1) is 27.3 Å². The van der Waals surface area contributed by atoms with Crippen molar-refractivity contribution in [1.29, 1.82) is 5.26 Å². The largest absolute Gasteiger partial charge is 0.382 e. The number of nitrogen functional groups attached to an aromatic ring is 1. The van der Waals surface area contributed by atoms with Crippen molar-refractivity contribution >= 4 is 28.8 Å². The number of hydrogen-bond donors (Lipinski definition) is 3. The molecule has 11 heteroatoms. The minimum absolute atomic E-state index is 0.143. The van der Waals surface area contributed by atoms with Crippen LogP contribution in [-0.2, 0) is 6.42 Å². The lowest BCUT2D eigenvalue weighted by Gasteiger charge is -2.09. The summed E-state index contributed by atoms with van der Waals surface area (Å²) in [7, 11) is 0. The Morgan fingerprint density at radius 3 is 2.54 bits per heavy atom. The van der Waals surface area contributed by atoms with Gasteiger partial charge in [-0.15, -0.1) is 0 Å². The fourth-order valence-corrected chi connectivity index (χ4v) is 3.72. The zero-order chi connectivity index (χ0) is 26.4. The molecule has 4 aromatic rings. The van der Waals surface area contributed by atoms with Crippen molar-refractivity contribution < 1.29 is 14.1 Å². The second-order valence-corrected chi connectivity index (χ2v) is 8.05. The van der Waals surface area contributed by atoms with Gasteiger partial charge < -0.3 is 16.4 Å². The molecule has 0 saturated carbocycles. The first-order valence-corrected chi connectivity index (χ1v) is 11.3. The van der Waals surface area contributed by atoms with Gasteiger partial charge in [0.2, 0.25) is 0 Å². The van der Waals surface area contributed by atoms with Crippen LogP contribution in [0.1, 0.15) is 28.0 Å². The summed E-state index contributed by atoms with van der Waals surface area (Å²) in [5.74, 6) is -0.728. The number of anilines is 3. The number of halogens is 1. The molecule has 0 aliphatic carbocycles. The lowest BCUT2D eigenvalue weighted by molar-refractivity contribution is -0.383. The van der Waals surface area contributed by atoms with Gasteiger partial charge in [-0.05, 0) is 61.4 Å². The second-order valence-electron chi connectivity index (χ2n) is 8.05. The number of nitro groups is 1. The van der Waals surface area contributed by atoms with E-state index in [1.54, 1.807) is 24.3 Å². The highest BCUT2D eigenvalue weighted by Crippen LogP contribution is 2.28. The molecule has 4 rings (SSSR count). The van der Waals surface area contributed by atoms with E-state index in [-0.39, 0.29) is 34.9 Å². The van der Waals surface area contributed by atoms with Crippen molar-refractivity contribution in [2.75, 3.05) is 17.6 Å². The highest BCUT2D eigenvalue weighted by molar-refractivity contribution is 5.96. The fraction of sp³-hybridized carbons (Fsp3) is 0.115. The molecule has 1 heterocycles. The van der Waals surface area contributed by atoms with Crippen LogP contribution in [0.5, 0.6) is 0 Å². The van der Waals surface area contributed by atoms with Crippen molar-refractivity contribution in [2.45, 2.75) is 12.8 Å². The van der Waals surface area contributed by atoms with Crippen LogP contribution in [0.4, 0.5) is 27.3 Å². The topological polar surface area (TPSA) is 152 Å². The van der Waals surface area contributed by atoms with Crippen LogP contribution in [0.25, 0.3) is 5.69 Å². The number of nitrogens with two attached hydrogens (primary N) is 1. The summed E-state index contributed by atoms with van der Waals surface area (Å²) in [5, 5.41) is 31.2. The van der Waals surface area contributed by atoms with Crippen LogP contribution < -0.4 is 16.4 Å². The Balaban J connectivity index is 1.39. The minimum Gasteiger partial charge on any atom is -0.382 e. The Morgan fingerprint density at radius 2 is 1.86 bits per heavy atom. The van der Waals surface area contributed by atoms with Gasteiger partial charge in [0.25, 0.3) is 11.6 Å². The zero-order valence-electron chi connectivity index (χ0n) is 19.5. The Morgan fingerprint density at radius 1 is 1.14 bits per heavy atom. The number of carbonyl (C=O) groups excluding carboxylic acids is 1. The molecule has 0 bridgehead atoms. The Kier molecular flexibility index (Phi) is 7.40. The van der Waals surface area contributed by atoms with Crippen LogP contribution in [0.3, 0.4) is 0 Å². The molecule has 0 aliphatic rings. The normalized spacial score (nSPS) is 10.5. The lowest BCUT2D eigenvalue weighted by atomic mass is 10.1. The third-order valence-electron chi connectivity index (χ3n) is 5.56. The van der Waals surface area contributed by atoms with Crippen LogP contribution in [0.2, 0.25) is 0 Å². The molecule has 1 aromatic heterocycles. The summed E-state index contributed by atoms with van der Waals surface area (Å²) in [6.07, 6.45) is 0.789. The van der Waals surface area contributed by atoms with Gasteiger partial charge in [-0.25, -0.2) is 9.07 Å². The molecule has 0 aliphatic heterocycles. The van der Waals surface area contributed by atoms with Gasteiger partial charge in [-0.1, -0.05) is 18.2 Å². The number of aromatic nitrogens is 2. The number of aryl methyl sites for hydroxylation is 1. The number of nitrogens with one attached hydrogen (secondary N) is 2. The van der Waals surface area contributed by atoms with Crippen molar-refractivity contribution in [3.8, 4) is 11.8 Å². The summed E-state index contributed by atoms with van der Waals surface area (Å²) in [4.78, 5) is 23.7. The number of rotatable bonds is 9. The predicted molar refractivity (Wildman–Crippen MR) is 136 cm³/mol. The third kappa shape index (κ3) is 5.71. The molecule has 0 spiro atoms. The molecule has 37 heavy (non-hydrogen) atoms. The first kappa shape index (κ1) is 24.9. The molecule has 0 unspecified atom stereocenters. The summed E-state index contributed by atoms with van der Waals surface area (Å²) in [5.41, 5.74) is 8.12. The van der Waals surface area contributed by atoms with E-state index in [2.05, 4.69) is 15.7 Å². The number of nitro benzene ring substituents is 1. The van der Waals surface area contributed by atoms with Crippen molar-refractivity contribution in [2.24, 2.45) is 0 Å². The van der Waals surface area contributed by atoms with Crippen LogP contribution in [-0.4, -0.2) is 27.2 Å². The fourth-order valence-electron chi connectivity index (χ4n) is 3.72. The van der Waals surface area contributed by atoms with E-state index in [9.17, 15) is 24.6 Å². The molecule has 0 radical (unpaired) electrons. The number of amides is 1. The summed E-state index contributed by atoms with van der Waals surface area (Å²) < 4.78 is 14.6. The lowest BCUT2D eigenvalue weighted by Crippen LogP contribution is -2.25. The molecule has 0 atom stereocenters. The predicted octanol–water partition coefficient (Wildman–Crippen LogP) is 4.48. The first-order chi connectivity index (χ1) is 17.9. The molecular formula is C26H22FN7O3. The number of nitriles is 1. The highest BCUT2D eigenvalue weighted by atomic mass is 19.1. The third-order valence-corrected chi connectivity index (χ3v) is 5.56. The van der Waals surface area contributed by atoms with E-state index in [0.29, 0.717) is 29.9 Å². The molecule has 0 fully saturated rings. The molecule has 186 valence electrons. The summed E-state index contributed by atoms with van der Waals surface area (Å²) >= 11 is 0. The van der Waals surface area contributed by atoms with Crippen molar-refractivity contribution in [3.05, 3.63) is 106 Å². The monoisotopic (exact) mass is 499 g/mol. The SMILES string of the molecule is N#Cc1c(CCCNC(=O)c2ccc(Nc3ccccc3)c([N+](=O)[O-])c2)nn(-c2ccc(F)cc2)c1N.